The number of aromatic nitrogens is 3. The monoisotopic (exact) mass is 976 g/mol. The minimum Gasteiger partial charge on any atom is -0.449 e. The van der Waals surface area contributed by atoms with Crippen LogP contribution in [0, 0.1) is 0 Å². The molecule has 0 spiro atoms. The van der Waals surface area contributed by atoms with E-state index in [9.17, 15) is 34.8 Å². The number of fused-ring (bicyclic) bond motifs is 3. The average molecular weight is 977 g/mol. The van der Waals surface area contributed by atoms with E-state index in [1.807, 2.05) is 66.9 Å². The van der Waals surface area contributed by atoms with Crippen LogP contribution in [0.4, 0.5) is 9.59 Å². The smallest absolute Gasteiger partial charge is 0.407 e. The number of amides is 3. The summed E-state index contributed by atoms with van der Waals surface area (Å²) in [5.41, 5.74) is 6.30. The number of aliphatic hydroxyl groups is 4. The molecule has 2 aliphatic rings. The Kier molecular flexibility index (Phi) is 20.9. The summed E-state index contributed by atoms with van der Waals surface area (Å²) in [7, 11) is 0. The van der Waals surface area contributed by atoms with E-state index in [2.05, 4.69) is 38.4 Å². The van der Waals surface area contributed by atoms with E-state index in [1.54, 1.807) is 25.5 Å². The number of nitrogens with one attached hydrogen (secondary N) is 3. The molecular weight excluding hydrogens is 909 g/mol. The van der Waals surface area contributed by atoms with Gasteiger partial charge in [0.05, 0.1) is 65.6 Å². The van der Waals surface area contributed by atoms with E-state index in [-0.39, 0.29) is 38.2 Å². The molecule has 1 aromatic heterocycles. The van der Waals surface area contributed by atoms with Gasteiger partial charge in [-0.25, -0.2) is 14.3 Å². The van der Waals surface area contributed by atoms with Gasteiger partial charge in [0.25, 0.3) is 0 Å². The van der Waals surface area contributed by atoms with Gasteiger partial charge in [0.15, 0.2) is 6.29 Å². The zero-order valence-corrected chi connectivity index (χ0v) is 40.1. The standard InChI is InChI=1S/C50H68N6O14/c1-50(2,3)70-48(62)52-20-9-8-14-40(53-49(63)68-32-39-37-12-6-4-10-35(37)36-11-5-7-13-38(36)39)46(61)51-21-24-64-26-28-66-29-27-65-25-22-56-30-41(54-55-56)34-17-15-33(16-18-34)19-23-67-47-45(60)44(59)43(58)42(31-57)69-47/h4-7,10-13,15-18,30,39-40,42-45,47,57-60H,8-9,14,19-29,31-32H2,1-3H3,(H,51,61)(H,52,62)(H,53,63)/t40-,42+,43+,44-,45+,47+/m0/s1. The fourth-order valence-electron chi connectivity index (χ4n) is 7.98. The summed E-state index contributed by atoms with van der Waals surface area (Å²) in [5, 5.41) is 56.2. The van der Waals surface area contributed by atoms with Crippen LogP contribution < -0.4 is 16.0 Å². The van der Waals surface area contributed by atoms with Crippen LogP contribution in [-0.4, -0.2) is 168 Å². The van der Waals surface area contributed by atoms with E-state index < -0.39 is 61.1 Å². The maximum absolute atomic E-state index is 13.3. The first-order valence-corrected chi connectivity index (χ1v) is 23.8. The lowest BCUT2D eigenvalue weighted by Crippen LogP contribution is -2.59. The second-order valence-electron chi connectivity index (χ2n) is 18.0. The number of rotatable bonds is 27. The highest BCUT2D eigenvalue weighted by molar-refractivity contribution is 5.85. The third-order valence-corrected chi connectivity index (χ3v) is 11.6. The predicted octanol–water partition coefficient (Wildman–Crippen LogP) is 3.07. The number of ether oxygens (including phenoxy) is 7. The van der Waals surface area contributed by atoms with Crippen LogP contribution in [-0.2, 0) is 50.9 Å². The van der Waals surface area contributed by atoms with Gasteiger partial charge in [0, 0.05) is 24.6 Å². The number of hydrogen-bond donors (Lipinski definition) is 7. The van der Waals surface area contributed by atoms with Crippen molar-refractivity contribution in [3.63, 3.8) is 0 Å². The number of nitrogens with zero attached hydrogens (tertiary/aromatic N) is 3. The summed E-state index contributed by atoms with van der Waals surface area (Å²) >= 11 is 0. The van der Waals surface area contributed by atoms with Crippen LogP contribution in [0.25, 0.3) is 22.4 Å². The number of unbranched alkanes of at least 4 members (excludes halogenated alkanes) is 1. The van der Waals surface area contributed by atoms with Crippen LogP contribution in [0.1, 0.15) is 62.6 Å². The molecule has 3 aromatic carbocycles. The molecule has 1 aliphatic heterocycles. The highest BCUT2D eigenvalue weighted by atomic mass is 16.7. The van der Waals surface area contributed by atoms with Crippen LogP contribution in [0.15, 0.2) is 79.0 Å². The third-order valence-electron chi connectivity index (χ3n) is 11.6. The van der Waals surface area contributed by atoms with Crippen LogP contribution >= 0.6 is 0 Å². The topological polar surface area (TPSA) is 264 Å². The lowest BCUT2D eigenvalue weighted by molar-refractivity contribution is -0.300. The van der Waals surface area contributed by atoms with E-state index >= 15 is 0 Å². The highest BCUT2D eigenvalue weighted by Gasteiger charge is 2.44. The molecule has 1 saturated heterocycles. The van der Waals surface area contributed by atoms with Gasteiger partial charge in [-0.15, -0.1) is 5.10 Å². The summed E-state index contributed by atoms with van der Waals surface area (Å²) < 4.78 is 40.7. The Morgan fingerprint density at radius 2 is 1.41 bits per heavy atom. The van der Waals surface area contributed by atoms with Gasteiger partial charge in [-0.1, -0.05) is 78.0 Å². The first-order chi connectivity index (χ1) is 33.8. The molecule has 0 radical (unpaired) electrons. The van der Waals surface area contributed by atoms with Crippen molar-refractivity contribution in [2.45, 2.75) is 101 Å². The zero-order chi connectivity index (χ0) is 49.9. The quantitative estimate of drug-likeness (QED) is 0.0424. The molecule has 6 atom stereocenters. The summed E-state index contributed by atoms with van der Waals surface area (Å²) in [6, 6.07) is 22.9. The van der Waals surface area contributed by atoms with Crippen molar-refractivity contribution in [1.82, 2.24) is 30.9 Å². The van der Waals surface area contributed by atoms with Crippen molar-refractivity contribution >= 4 is 18.1 Å². The normalized spacial score (nSPS) is 19.2. The number of carbonyl (C=O) groups excluding carboxylic acids is 3. The molecule has 1 fully saturated rings. The number of benzene rings is 3. The maximum atomic E-state index is 13.3. The van der Waals surface area contributed by atoms with Crippen molar-refractivity contribution in [1.29, 1.82) is 0 Å². The van der Waals surface area contributed by atoms with E-state index in [4.69, 9.17) is 33.2 Å². The van der Waals surface area contributed by atoms with E-state index in [0.29, 0.717) is 77.5 Å². The van der Waals surface area contributed by atoms with Gasteiger partial charge >= 0.3 is 12.2 Å². The van der Waals surface area contributed by atoms with E-state index in [0.717, 1.165) is 33.4 Å². The summed E-state index contributed by atoms with van der Waals surface area (Å²) in [6.45, 7) is 8.19. The lowest BCUT2D eigenvalue weighted by Gasteiger charge is -2.39. The fraction of sp³-hybridized carbons (Fsp3) is 0.540. The molecule has 70 heavy (non-hydrogen) atoms. The Morgan fingerprint density at radius 3 is 2.09 bits per heavy atom. The Bertz CT molecular complexity index is 2190. The molecule has 0 saturated carbocycles. The first kappa shape index (κ1) is 53.8. The summed E-state index contributed by atoms with van der Waals surface area (Å²) in [6.07, 6.45) is -4.04. The molecule has 20 heteroatoms. The molecular formula is C50H68N6O14. The Hall–Kier alpha value is -5.55. The number of carbonyl (C=O) groups is 3. The average Bonchev–Trinajstić information content (AvgIpc) is 3.95. The molecule has 0 unspecified atom stereocenters. The number of alkyl carbamates (subject to hydrolysis) is 2. The van der Waals surface area contributed by atoms with Crippen molar-refractivity contribution in [2.75, 3.05) is 72.6 Å². The Balaban J connectivity index is 0.822. The lowest BCUT2D eigenvalue weighted by atomic mass is 9.98. The molecule has 7 N–H and O–H groups in total. The molecule has 20 nitrogen and oxygen atoms in total. The fourth-order valence-corrected chi connectivity index (χ4v) is 7.98. The largest absolute Gasteiger partial charge is 0.449 e. The van der Waals surface area contributed by atoms with E-state index in [1.165, 1.54) is 0 Å². The van der Waals surface area contributed by atoms with Gasteiger partial charge < -0.3 is 69.5 Å². The third kappa shape index (κ3) is 16.3. The van der Waals surface area contributed by atoms with Crippen LogP contribution in [0.3, 0.4) is 0 Å². The van der Waals surface area contributed by atoms with Gasteiger partial charge in [0.2, 0.25) is 5.91 Å². The molecule has 382 valence electrons. The van der Waals surface area contributed by atoms with Gasteiger partial charge in [-0.05, 0) is 74.3 Å². The van der Waals surface area contributed by atoms with Crippen LogP contribution in [0.2, 0.25) is 0 Å². The SMILES string of the molecule is CC(C)(C)OC(=O)NCCCC[C@H](NC(=O)OCC1c2ccccc2-c2ccccc21)C(=O)NCCOCCOCCOCCn1cc(-c2ccc(CCO[C@@H]3O[C@H](CO)[C@@H](O)[C@H](O)[C@H]3O)cc2)nn1. The second kappa shape index (κ2) is 27.2. The van der Waals surface area contributed by atoms with Gasteiger partial charge in [-0.2, -0.15) is 0 Å². The molecule has 4 aromatic rings. The Morgan fingerprint density at radius 1 is 0.757 bits per heavy atom. The number of hydrogen-bond acceptors (Lipinski definition) is 16. The van der Waals surface area contributed by atoms with Crippen molar-refractivity contribution < 1.29 is 68.0 Å². The van der Waals surface area contributed by atoms with Crippen LogP contribution in [0.5, 0.6) is 0 Å². The van der Waals surface area contributed by atoms with Crippen molar-refractivity contribution in [2.24, 2.45) is 0 Å². The molecule has 3 amide bonds. The molecule has 1 aliphatic carbocycles. The van der Waals surface area contributed by atoms with Gasteiger partial charge in [0.1, 0.15) is 48.4 Å². The maximum Gasteiger partial charge on any atom is 0.407 e. The predicted molar refractivity (Wildman–Crippen MR) is 254 cm³/mol. The Labute approximate surface area is 407 Å². The molecule has 0 bridgehead atoms. The molecule has 6 rings (SSSR count). The summed E-state index contributed by atoms with van der Waals surface area (Å²) in [4.78, 5) is 38.5. The highest BCUT2D eigenvalue weighted by Crippen LogP contribution is 2.44. The van der Waals surface area contributed by atoms with Gasteiger partial charge in [-0.3, -0.25) is 4.79 Å². The minimum absolute atomic E-state index is 0.113. The van der Waals surface area contributed by atoms with Crippen molar-refractivity contribution in [3.05, 3.63) is 95.7 Å². The minimum atomic E-state index is -1.49. The summed E-state index contributed by atoms with van der Waals surface area (Å²) in [5.74, 6) is -0.501. The molecule has 2 heterocycles. The zero-order valence-electron chi connectivity index (χ0n) is 40.1. The second-order valence-corrected chi connectivity index (χ2v) is 18.0. The first-order valence-electron chi connectivity index (χ1n) is 23.8. The van der Waals surface area contributed by atoms with Crippen molar-refractivity contribution in [3.8, 4) is 22.4 Å². The number of aliphatic hydroxyl groups excluding tert-OH is 4.